The summed E-state index contributed by atoms with van der Waals surface area (Å²) in [6.07, 6.45) is 6.18. The molecular formula is C19H25N3. The maximum absolute atomic E-state index is 4.21. The number of nitrogens with zero attached hydrogens (tertiary/aromatic N) is 2. The molecule has 3 rings (SSSR count). The molecule has 3 heteroatoms. The van der Waals surface area contributed by atoms with Gasteiger partial charge >= 0.3 is 0 Å². The molecule has 0 radical (unpaired) electrons. The molecule has 1 saturated heterocycles. The third-order valence-electron chi connectivity index (χ3n) is 4.62. The zero-order chi connectivity index (χ0) is 15.4. The summed E-state index contributed by atoms with van der Waals surface area (Å²) in [4.78, 5) is 6.73. The Morgan fingerprint density at radius 2 is 1.91 bits per heavy atom. The zero-order valence-corrected chi connectivity index (χ0v) is 13.5. The number of benzene rings is 1. The van der Waals surface area contributed by atoms with Crippen molar-refractivity contribution in [2.45, 2.75) is 38.8 Å². The maximum atomic E-state index is 4.21. The van der Waals surface area contributed by atoms with Crippen LogP contribution in [0.1, 0.15) is 36.9 Å². The minimum Gasteiger partial charge on any atom is -0.371 e. The fourth-order valence-electron chi connectivity index (χ4n) is 3.29. The van der Waals surface area contributed by atoms with E-state index >= 15 is 0 Å². The maximum Gasteiger partial charge on any atom is 0.0395 e. The first kappa shape index (κ1) is 15.0. The highest BCUT2D eigenvalue weighted by Crippen LogP contribution is 2.24. The largest absolute Gasteiger partial charge is 0.371 e. The monoisotopic (exact) mass is 295 g/mol. The normalized spacial score (nSPS) is 17.5. The van der Waals surface area contributed by atoms with Gasteiger partial charge in [-0.25, -0.2) is 0 Å². The van der Waals surface area contributed by atoms with E-state index < -0.39 is 0 Å². The number of aromatic nitrogens is 1. The van der Waals surface area contributed by atoms with E-state index in [1.54, 1.807) is 0 Å². The molecule has 1 N–H and O–H groups in total. The van der Waals surface area contributed by atoms with E-state index in [-0.39, 0.29) is 0 Å². The summed E-state index contributed by atoms with van der Waals surface area (Å²) in [5.74, 6) is 0. The molecule has 0 amide bonds. The second-order valence-electron chi connectivity index (χ2n) is 6.22. The highest BCUT2D eigenvalue weighted by Gasteiger charge is 2.21. The lowest BCUT2D eigenvalue weighted by molar-refractivity contribution is 0.380. The molecule has 1 aliphatic rings. The number of pyridine rings is 1. The standard InChI is InChI=1S/C19H25N3/c1-15-6-3-4-8-19(15)22-12-9-18(10-13-22)21-16(2)17-7-5-11-20-14-17/h3-8,11,14,16,18,21H,9-10,12-13H2,1-2H3/t16-/m0/s1. The van der Waals surface area contributed by atoms with Crippen molar-refractivity contribution in [2.75, 3.05) is 18.0 Å². The average molecular weight is 295 g/mol. The van der Waals surface area contributed by atoms with Crippen LogP contribution in [0.4, 0.5) is 5.69 Å². The molecule has 1 aromatic heterocycles. The van der Waals surface area contributed by atoms with E-state index in [2.05, 4.69) is 59.4 Å². The molecule has 1 aliphatic heterocycles. The third-order valence-corrected chi connectivity index (χ3v) is 4.62. The molecule has 22 heavy (non-hydrogen) atoms. The van der Waals surface area contributed by atoms with E-state index in [0.717, 1.165) is 13.1 Å². The molecule has 1 aromatic carbocycles. The Hall–Kier alpha value is -1.87. The molecular weight excluding hydrogens is 270 g/mol. The number of aryl methyl sites for hydroxylation is 1. The minimum absolute atomic E-state index is 0.365. The van der Waals surface area contributed by atoms with Crippen LogP contribution in [0.25, 0.3) is 0 Å². The van der Waals surface area contributed by atoms with Crippen molar-refractivity contribution in [2.24, 2.45) is 0 Å². The Morgan fingerprint density at radius 1 is 1.14 bits per heavy atom. The molecule has 2 heterocycles. The van der Waals surface area contributed by atoms with Gasteiger partial charge in [0.25, 0.3) is 0 Å². The van der Waals surface area contributed by atoms with Gasteiger partial charge in [-0.05, 0) is 49.9 Å². The Labute approximate surface area is 133 Å². The van der Waals surface area contributed by atoms with Crippen LogP contribution in [0.15, 0.2) is 48.8 Å². The highest BCUT2D eigenvalue weighted by molar-refractivity contribution is 5.53. The molecule has 116 valence electrons. The van der Waals surface area contributed by atoms with Crippen molar-refractivity contribution in [3.05, 3.63) is 59.9 Å². The van der Waals surface area contributed by atoms with E-state index in [1.165, 1.54) is 29.7 Å². The van der Waals surface area contributed by atoms with Gasteiger partial charge in [0.1, 0.15) is 0 Å². The summed E-state index contributed by atoms with van der Waals surface area (Å²) in [5, 5.41) is 3.76. The van der Waals surface area contributed by atoms with E-state index in [1.807, 2.05) is 18.5 Å². The van der Waals surface area contributed by atoms with Crippen molar-refractivity contribution in [3.63, 3.8) is 0 Å². The lowest BCUT2D eigenvalue weighted by Gasteiger charge is -2.36. The summed E-state index contributed by atoms with van der Waals surface area (Å²) in [6, 6.07) is 13.8. The Kier molecular flexibility index (Phi) is 4.74. The number of nitrogens with one attached hydrogen (secondary N) is 1. The van der Waals surface area contributed by atoms with Gasteiger partial charge in [-0.15, -0.1) is 0 Å². The molecule has 2 aromatic rings. The summed E-state index contributed by atoms with van der Waals surface area (Å²) in [6.45, 7) is 6.68. The van der Waals surface area contributed by atoms with E-state index in [4.69, 9.17) is 0 Å². The first-order valence-corrected chi connectivity index (χ1v) is 8.20. The Bertz CT molecular complexity index is 589. The molecule has 1 fully saturated rings. The van der Waals surface area contributed by atoms with Gasteiger partial charge in [-0.1, -0.05) is 24.3 Å². The predicted molar refractivity (Wildman–Crippen MR) is 92.2 cm³/mol. The van der Waals surface area contributed by atoms with Crippen LogP contribution in [0, 0.1) is 6.92 Å². The van der Waals surface area contributed by atoms with Gasteiger partial charge in [0.05, 0.1) is 0 Å². The van der Waals surface area contributed by atoms with Gasteiger partial charge in [-0.3, -0.25) is 4.98 Å². The second kappa shape index (κ2) is 6.93. The summed E-state index contributed by atoms with van der Waals surface area (Å²) in [7, 11) is 0. The zero-order valence-electron chi connectivity index (χ0n) is 13.5. The molecule has 3 nitrogen and oxygen atoms in total. The number of anilines is 1. The van der Waals surface area contributed by atoms with Crippen LogP contribution in [-0.4, -0.2) is 24.1 Å². The minimum atomic E-state index is 0.365. The fourth-order valence-corrected chi connectivity index (χ4v) is 3.29. The Balaban J connectivity index is 1.55. The first-order valence-electron chi connectivity index (χ1n) is 8.20. The van der Waals surface area contributed by atoms with E-state index in [9.17, 15) is 0 Å². The molecule has 0 aliphatic carbocycles. The third kappa shape index (κ3) is 3.47. The van der Waals surface area contributed by atoms with Crippen molar-refractivity contribution in [3.8, 4) is 0 Å². The van der Waals surface area contributed by atoms with Crippen LogP contribution >= 0.6 is 0 Å². The van der Waals surface area contributed by atoms with Crippen LogP contribution < -0.4 is 10.2 Å². The molecule has 0 bridgehead atoms. The second-order valence-corrected chi connectivity index (χ2v) is 6.22. The summed E-state index contributed by atoms with van der Waals surface area (Å²) in [5.41, 5.74) is 4.03. The molecule has 0 unspecified atom stereocenters. The highest BCUT2D eigenvalue weighted by atomic mass is 15.2. The predicted octanol–water partition coefficient (Wildman–Crippen LogP) is 3.71. The SMILES string of the molecule is Cc1ccccc1N1CCC(N[C@@H](C)c2cccnc2)CC1. The van der Waals surface area contributed by atoms with Crippen LogP contribution in [0.5, 0.6) is 0 Å². The molecule has 0 saturated carbocycles. The number of piperidine rings is 1. The average Bonchev–Trinajstić information content (AvgIpc) is 2.57. The first-order chi connectivity index (χ1) is 10.7. The number of hydrogen-bond donors (Lipinski definition) is 1. The smallest absolute Gasteiger partial charge is 0.0395 e. The van der Waals surface area contributed by atoms with Crippen LogP contribution in [0.2, 0.25) is 0 Å². The molecule has 1 atom stereocenters. The van der Waals surface area contributed by atoms with Gasteiger partial charge < -0.3 is 10.2 Å². The van der Waals surface area contributed by atoms with Crippen LogP contribution in [-0.2, 0) is 0 Å². The van der Waals surface area contributed by atoms with Crippen molar-refractivity contribution >= 4 is 5.69 Å². The number of rotatable bonds is 4. The van der Waals surface area contributed by atoms with Gasteiger partial charge in [0.15, 0.2) is 0 Å². The van der Waals surface area contributed by atoms with Crippen molar-refractivity contribution in [1.29, 1.82) is 0 Å². The topological polar surface area (TPSA) is 28.2 Å². The van der Waals surface area contributed by atoms with Gasteiger partial charge in [-0.2, -0.15) is 0 Å². The fraction of sp³-hybridized carbons (Fsp3) is 0.421. The Morgan fingerprint density at radius 3 is 2.59 bits per heavy atom. The van der Waals surface area contributed by atoms with Crippen molar-refractivity contribution in [1.82, 2.24) is 10.3 Å². The van der Waals surface area contributed by atoms with Crippen LogP contribution in [0.3, 0.4) is 0 Å². The number of hydrogen-bond acceptors (Lipinski definition) is 3. The quantitative estimate of drug-likeness (QED) is 0.932. The van der Waals surface area contributed by atoms with E-state index in [0.29, 0.717) is 12.1 Å². The lowest BCUT2D eigenvalue weighted by atomic mass is 10.0. The number of para-hydroxylation sites is 1. The summed E-state index contributed by atoms with van der Waals surface area (Å²) < 4.78 is 0. The van der Waals surface area contributed by atoms with Gasteiger partial charge in [0, 0.05) is 43.3 Å². The van der Waals surface area contributed by atoms with Gasteiger partial charge in [0.2, 0.25) is 0 Å². The summed E-state index contributed by atoms with van der Waals surface area (Å²) >= 11 is 0. The lowest BCUT2D eigenvalue weighted by Crippen LogP contribution is -2.43. The van der Waals surface area contributed by atoms with Crippen molar-refractivity contribution < 1.29 is 0 Å². The molecule has 0 spiro atoms.